The molecule has 0 aliphatic carbocycles. The molecule has 128 valence electrons. The largest absolute Gasteiger partial charge is 0.484 e. The van der Waals surface area contributed by atoms with Crippen molar-refractivity contribution >= 4 is 5.91 Å². The van der Waals surface area contributed by atoms with Gasteiger partial charge in [0.1, 0.15) is 5.75 Å². The Balaban J connectivity index is 1.57. The molecule has 0 radical (unpaired) electrons. The summed E-state index contributed by atoms with van der Waals surface area (Å²) in [4.78, 5) is 14.3. The fourth-order valence-electron chi connectivity index (χ4n) is 2.82. The van der Waals surface area contributed by atoms with Crippen molar-refractivity contribution in [2.75, 3.05) is 32.8 Å². The molecular weight excluding hydrogens is 288 g/mol. The van der Waals surface area contributed by atoms with Crippen molar-refractivity contribution in [3.63, 3.8) is 0 Å². The summed E-state index contributed by atoms with van der Waals surface area (Å²) < 4.78 is 5.54. The normalized spacial score (nSPS) is 16.3. The fraction of sp³-hybridized carbons (Fsp3) is 0.632. The third kappa shape index (κ3) is 6.22. The second-order valence-electron chi connectivity index (χ2n) is 6.76. The summed E-state index contributed by atoms with van der Waals surface area (Å²) in [6, 6.07) is 5.90. The SMILES string of the molecule is Cc1ccc(OCC(=O)NCCCN2CCC(C)CC2)cc1C. The number of hydrogen-bond donors (Lipinski definition) is 1. The maximum Gasteiger partial charge on any atom is 0.257 e. The van der Waals surface area contributed by atoms with Crippen LogP contribution in [0.2, 0.25) is 0 Å². The van der Waals surface area contributed by atoms with Gasteiger partial charge in [-0.3, -0.25) is 4.79 Å². The second kappa shape index (κ2) is 8.92. The number of hydrogen-bond acceptors (Lipinski definition) is 3. The molecule has 0 spiro atoms. The molecule has 1 aliphatic rings. The van der Waals surface area contributed by atoms with Gasteiger partial charge in [-0.2, -0.15) is 0 Å². The summed E-state index contributed by atoms with van der Waals surface area (Å²) >= 11 is 0. The number of nitrogens with zero attached hydrogens (tertiary/aromatic N) is 1. The molecule has 1 aromatic rings. The lowest BCUT2D eigenvalue weighted by Gasteiger charge is -2.30. The van der Waals surface area contributed by atoms with E-state index in [1.165, 1.54) is 37.1 Å². The van der Waals surface area contributed by atoms with Crippen LogP contribution in [0.4, 0.5) is 0 Å². The van der Waals surface area contributed by atoms with E-state index in [1.54, 1.807) is 0 Å². The zero-order valence-corrected chi connectivity index (χ0v) is 14.7. The number of benzene rings is 1. The molecule has 0 atom stereocenters. The Morgan fingerprint density at radius 2 is 2.00 bits per heavy atom. The van der Waals surface area contributed by atoms with E-state index in [4.69, 9.17) is 4.74 Å². The molecule has 1 fully saturated rings. The Morgan fingerprint density at radius 1 is 1.26 bits per heavy atom. The van der Waals surface area contributed by atoms with E-state index in [1.807, 2.05) is 25.1 Å². The summed E-state index contributed by atoms with van der Waals surface area (Å²) in [5.41, 5.74) is 2.41. The first-order valence-electron chi connectivity index (χ1n) is 8.73. The van der Waals surface area contributed by atoms with Gasteiger partial charge in [-0.15, -0.1) is 0 Å². The molecule has 1 aliphatic heterocycles. The van der Waals surface area contributed by atoms with Gasteiger partial charge < -0.3 is 15.0 Å². The first-order valence-corrected chi connectivity index (χ1v) is 8.73. The van der Waals surface area contributed by atoms with Crippen LogP contribution in [0, 0.1) is 19.8 Å². The van der Waals surface area contributed by atoms with E-state index in [2.05, 4.69) is 24.1 Å². The van der Waals surface area contributed by atoms with Gasteiger partial charge in [-0.05, 0) is 81.9 Å². The van der Waals surface area contributed by atoms with Gasteiger partial charge in [0.15, 0.2) is 6.61 Å². The highest BCUT2D eigenvalue weighted by atomic mass is 16.5. The molecule has 23 heavy (non-hydrogen) atoms. The third-order valence-electron chi connectivity index (χ3n) is 4.70. The first kappa shape index (κ1) is 17.8. The molecule has 0 unspecified atom stereocenters. The Kier molecular flexibility index (Phi) is 6.90. The molecule has 1 amide bonds. The minimum absolute atomic E-state index is 0.0458. The highest BCUT2D eigenvalue weighted by molar-refractivity contribution is 5.77. The summed E-state index contributed by atoms with van der Waals surface area (Å²) in [6.45, 7) is 10.7. The summed E-state index contributed by atoms with van der Waals surface area (Å²) in [7, 11) is 0. The number of piperidine rings is 1. The highest BCUT2D eigenvalue weighted by Crippen LogP contribution is 2.16. The van der Waals surface area contributed by atoms with Crippen molar-refractivity contribution in [3.8, 4) is 5.75 Å². The number of amides is 1. The average molecular weight is 318 g/mol. The first-order chi connectivity index (χ1) is 11.0. The summed E-state index contributed by atoms with van der Waals surface area (Å²) in [5.74, 6) is 1.58. The van der Waals surface area contributed by atoms with Gasteiger partial charge in [-0.1, -0.05) is 13.0 Å². The van der Waals surface area contributed by atoms with E-state index in [9.17, 15) is 4.79 Å². The van der Waals surface area contributed by atoms with E-state index in [0.29, 0.717) is 0 Å². The van der Waals surface area contributed by atoms with Gasteiger partial charge in [0, 0.05) is 6.54 Å². The average Bonchev–Trinajstić information content (AvgIpc) is 2.54. The number of carbonyl (C=O) groups excluding carboxylic acids is 1. The molecule has 4 nitrogen and oxygen atoms in total. The predicted molar refractivity (Wildman–Crippen MR) is 93.9 cm³/mol. The van der Waals surface area contributed by atoms with E-state index >= 15 is 0 Å². The van der Waals surface area contributed by atoms with Gasteiger partial charge in [-0.25, -0.2) is 0 Å². The van der Waals surface area contributed by atoms with Crippen molar-refractivity contribution in [3.05, 3.63) is 29.3 Å². The third-order valence-corrected chi connectivity index (χ3v) is 4.70. The van der Waals surface area contributed by atoms with Crippen molar-refractivity contribution in [2.24, 2.45) is 5.92 Å². The van der Waals surface area contributed by atoms with Gasteiger partial charge in [0.2, 0.25) is 0 Å². The molecule has 1 heterocycles. The van der Waals surface area contributed by atoms with Crippen LogP contribution >= 0.6 is 0 Å². The lowest BCUT2D eigenvalue weighted by molar-refractivity contribution is -0.123. The van der Waals surface area contributed by atoms with Crippen LogP contribution in [0.1, 0.15) is 37.3 Å². The van der Waals surface area contributed by atoms with Crippen LogP contribution in [-0.4, -0.2) is 43.6 Å². The highest BCUT2D eigenvalue weighted by Gasteiger charge is 2.14. The van der Waals surface area contributed by atoms with Crippen LogP contribution in [0.15, 0.2) is 18.2 Å². The smallest absolute Gasteiger partial charge is 0.257 e. The molecule has 1 saturated heterocycles. The molecule has 1 N–H and O–H groups in total. The lowest BCUT2D eigenvalue weighted by Crippen LogP contribution is -2.36. The zero-order chi connectivity index (χ0) is 16.7. The monoisotopic (exact) mass is 318 g/mol. The molecule has 4 heteroatoms. The topological polar surface area (TPSA) is 41.6 Å². The Hall–Kier alpha value is -1.55. The Bertz CT molecular complexity index is 508. The standard InChI is InChI=1S/C19H30N2O2/c1-15-7-11-21(12-8-15)10-4-9-20-19(22)14-23-18-6-5-16(2)17(3)13-18/h5-6,13,15H,4,7-12,14H2,1-3H3,(H,20,22). The van der Waals surface area contributed by atoms with Crippen LogP contribution in [-0.2, 0) is 4.79 Å². The molecule has 2 rings (SSSR count). The molecule has 0 aromatic heterocycles. The predicted octanol–water partition coefficient (Wildman–Crippen LogP) is 2.92. The zero-order valence-electron chi connectivity index (χ0n) is 14.7. The van der Waals surface area contributed by atoms with Gasteiger partial charge in [0.25, 0.3) is 5.91 Å². The number of aryl methyl sites for hydroxylation is 2. The van der Waals surface area contributed by atoms with Crippen LogP contribution in [0.5, 0.6) is 5.75 Å². The van der Waals surface area contributed by atoms with Gasteiger partial charge >= 0.3 is 0 Å². The number of likely N-dealkylation sites (tertiary alicyclic amines) is 1. The van der Waals surface area contributed by atoms with Crippen LogP contribution in [0.3, 0.4) is 0 Å². The van der Waals surface area contributed by atoms with E-state index in [0.717, 1.165) is 31.2 Å². The number of nitrogens with one attached hydrogen (secondary N) is 1. The van der Waals surface area contributed by atoms with Crippen LogP contribution < -0.4 is 10.1 Å². The van der Waals surface area contributed by atoms with Crippen molar-refractivity contribution < 1.29 is 9.53 Å². The molecule has 1 aromatic carbocycles. The number of carbonyl (C=O) groups is 1. The maximum absolute atomic E-state index is 11.8. The van der Waals surface area contributed by atoms with Gasteiger partial charge in [0.05, 0.1) is 0 Å². The minimum Gasteiger partial charge on any atom is -0.484 e. The maximum atomic E-state index is 11.8. The van der Waals surface area contributed by atoms with Crippen LogP contribution in [0.25, 0.3) is 0 Å². The Labute approximate surface area is 140 Å². The summed E-state index contributed by atoms with van der Waals surface area (Å²) in [5, 5.41) is 2.94. The number of rotatable bonds is 7. The second-order valence-corrected chi connectivity index (χ2v) is 6.76. The fourth-order valence-corrected chi connectivity index (χ4v) is 2.82. The van der Waals surface area contributed by atoms with E-state index in [-0.39, 0.29) is 12.5 Å². The molecule has 0 bridgehead atoms. The Morgan fingerprint density at radius 3 is 2.70 bits per heavy atom. The molecular formula is C19H30N2O2. The quantitative estimate of drug-likeness (QED) is 0.786. The van der Waals surface area contributed by atoms with Crippen molar-refractivity contribution in [2.45, 2.75) is 40.0 Å². The summed E-state index contributed by atoms with van der Waals surface area (Å²) in [6.07, 6.45) is 3.61. The lowest BCUT2D eigenvalue weighted by atomic mass is 9.99. The number of ether oxygens (including phenoxy) is 1. The molecule has 0 saturated carbocycles. The van der Waals surface area contributed by atoms with Crippen molar-refractivity contribution in [1.29, 1.82) is 0 Å². The minimum atomic E-state index is -0.0458. The van der Waals surface area contributed by atoms with Crippen molar-refractivity contribution in [1.82, 2.24) is 10.2 Å². The van der Waals surface area contributed by atoms with E-state index < -0.39 is 0 Å².